The molecule has 1 aromatic rings. The van der Waals surface area contributed by atoms with Crippen LogP contribution in [0.4, 0.5) is 8.78 Å². The predicted molar refractivity (Wildman–Crippen MR) is 76.6 cm³/mol. The lowest BCUT2D eigenvalue weighted by atomic mass is 10.2. The lowest BCUT2D eigenvalue weighted by Gasteiger charge is -2.10. The molecular weight excluding hydrogens is 288 g/mol. The Hall–Kier alpha value is -1.96. The van der Waals surface area contributed by atoms with E-state index in [0.29, 0.717) is 17.2 Å². The second-order valence-corrected chi connectivity index (χ2v) is 3.93. The molecular formula is C12H15F2N3O2S. The molecule has 0 saturated carbocycles. The maximum absolute atomic E-state index is 12.2. The van der Waals surface area contributed by atoms with Crippen molar-refractivity contribution in [2.45, 2.75) is 13.5 Å². The molecule has 0 aliphatic carbocycles. The number of rotatable bonds is 6. The van der Waals surface area contributed by atoms with Gasteiger partial charge in [-0.25, -0.2) is 0 Å². The molecule has 0 bridgehead atoms. The molecule has 20 heavy (non-hydrogen) atoms. The van der Waals surface area contributed by atoms with E-state index in [4.69, 9.17) is 17.0 Å². The molecule has 0 aromatic heterocycles. The van der Waals surface area contributed by atoms with Crippen molar-refractivity contribution in [2.75, 3.05) is 13.7 Å². The number of halogens is 2. The molecule has 0 unspecified atom stereocenters. The van der Waals surface area contributed by atoms with E-state index in [-0.39, 0.29) is 11.5 Å². The van der Waals surface area contributed by atoms with Crippen molar-refractivity contribution in [1.82, 2.24) is 10.7 Å². The molecule has 0 aliphatic heterocycles. The molecule has 0 atom stereocenters. The molecule has 1 aromatic carbocycles. The number of benzene rings is 1. The summed E-state index contributed by atoms with van der Waals surface area (Å²) < 4.78 is 33.6. The van der Waals surface area contributed by atoms with E-state index in [1.54, 1.807) is 6.07 Å². The maximum atomic E-state index is 12.2. The minimum Gasteiger partial charge on any atom is -0.493 e. The average molecular weight is 303 g/mol. The van der Waals surface area contributed by atoms with Crippen molar-refractivity contribution in [1.29, 1.82) is 0 Å². The molecule has 8 heteroatoms. The van der Waals surface area contributed by atoms with Gasteiger partial charge in [-0.15, -0.1) is 0 Å². The molecule has 0 aliphatic rings. The number of ether oxygens (including phenoxy) is 2. The van der Waals surface area contributed by atoms with Gasteiger partial charge in [-0.1, -0.05) is 0 Å². The van der Waals surface area contributed by atoms with Crippen LogP contribution in [0.15, 0.2) is 23.3 Å². The van der Waals surface area contributed by atoms with Crippen LogP contribution in [0.5, 0.6) is 11.5 Å². The highest BCUT2D eigenvalue weighted by Crippen LogP contribution is 2.28. The van der Waals surface area contributed by atoms with E-state index in [1.165, 1.54) is 25.5 Å². The largest absolute Gasteiger partial charge is 0.493 e. The summed E-state index contributed by atoms with van der Waals surface area (Å²) in [7, 11) is 1.37. The van der Waals surface area contributed by atoms with Gasteiger partial charge < -0.3 is 14.8 Å². The number of hydrogen-bond acceptors (Lipinski definition) is 4. The number of hydrogen-bond donors (Lipinski definition) is 2. The molecule has 0 radical (unpaired) electrons. The zero-order chi connectivity index (χ0) is 15.0. The number of hydrazone groups is 1. The Balaban J connectivity index is 2.72. The van der Waals surface area contributed by atoms with Crippen LogP contribution in [0.3, 0.4) is 0 Å². The highest BCUT2D eigenvalue weighted by Gasteiger charge is 2.10. The topological polar surface area (TPSA) is 54.9 Å². The van der Waals surface area contributed by atoms with Crippen LogP contribution in [0.25, 0.3) is 0 Å². The summed E-state index contributed by atoms with van der Waals surface area (Å²) in [6.45, 7) is -0.304. The predicted octanol–water partition coefficient (Wildman–Crippen LogP) is 2.11. The van der Waals surface area contributed by atoms with Crippen molar-refractivity contribution >= 4 is 23.5 Å². The summed E-state index contributed by atoms with van der Waals surface area (Å²) in [4.78, 5) is 0. The van der Waals surface area contributed by atoms with Gasteiger partial charge in [0, 0.05) is 6.54 Å². The van der Waals surface area contributed by atoms with Gasteiger partial charge in [-0.3, -0.25) is 5.43 Å². The molecule has 0 fully saturated rings. The maximum Gasteiger partial charge on any atom is 0.387 e. The molecule has 2 N–H and O–H groups in total. The van der Waals surface area contributed by atoms with Crippen LogP contribution >= 0.6 is 12.2 Å². The quantitative estimate of drug-likeness (QED) is 0.479. The highest BCUT2D eigenvalue weighted by molar-refractivity contribution is 7.80. The second kappa shape index (κ2) is 8.26. The average Bonchev–Trinajstić information content (AvgIpc) is 2.40. The van der Waals surface area contributed by atoms with E-state index in [1.807, 2.05) is 6.92 Å². The minimum absolute atomic E-state index is 0.0317. The van der Waals surface area contributed by atoms with Crippen molar-refractivity contribution in [3.8, 4) is 11.5 Å². The van der Waals surface area contributed by atoms with Crippen molar-refractivity contribution < 1.29 is 18.3 Å². The summed E-state index contributed by atoms with van der Waals surface area (Å²) in [6.07, 6.45) is 1.48. The fraction of sp³-hybridized carbons (Fsp3) is 0.333. The Morgan fingerprint density at radius 3 is 2.80 bits per heavy atom. The molecule has 110 valence electrons. The smallest absolute Gasteiger partial charge is 0.387 e. The normalized spacial score (nSPS) is 10.7. The van der Waals surface area contributed by atoms with Gasteiger partial charge in [-0.05, 0) is 42.9 Å². The van der Waals surface area contributed by atoms with Crippen molar-refractivity contribution in [3.63, 3.8) is 0 Å². The van der Waals surface area contributed by atoms with Gasteiger partial charge in [0.15, 0.2) is 16.6 Å². The minimum atomic E-state index is -2.90. The summed E-state index contributed by atoms with van der Waals surface area (Å²) in [5, 5.41) is 7.16. The second-order valence-electron chi connectivity index (χ2n) is 3.52. The third-order valence-corrected chi connectivity index (χ3v) is 2.36. The Kier molecular flexibility index (Phi) is 6.65. The van der Waals surface area contributed by atoms with Crippen LogP contribution in [0, 0.1) is 0 Å². The summed E-state index contributed by atoms with van der Waals surface area (Å²) in [6, 6.07) is 4.48. The Labute approximate surface area is 121 Å². The third-order valence-electron chi connectivity index (χ3n) is 2.12. The van der Waals surface area contributed by atoms with Gasteiger partial charge in [-0.2, -0.15) is 13.9 Å². The lowest BCUT2D eigenvalue weighted by Crippen LogP contribution is -2.31. The Bertz CT molecular complexity index is 484. The standard InChI is InChI=1S/C12H15F2N3O2S/c1-3-15-12(20)17-16-7-8-4-5-9(19-11(13)14)10(6-8)18-2/h4-7,11H,3H2,1-2H3,(H2,15,17,20). The molecule has 1 rings (SSSR count). The van der Waals surface area contributed by atoms with Gasteiger partial charge in [0.1, 0.15) is 0 Å². The van der Waals surface area contributed by atoms with Crippen LogP contribution < -0.4 is 20.2 Å². The van der Waals surface area contributed by atoms with Gasteiger partial charge in [0.05, 0.1) is 13.3 Å². The summed E-state index contributed by atoms with van der Waals surface area (Å²) >= 11 is 4.92. The highest BCUT2D eigenvalue weighted by atomic mass is 32.1. The van der Waals surface area contributed by atoms with Gasteiger partial charge in [0.2, 0.25) is 0 Å². The number of alkyl halides is 2. The SMILES string of the molecule is CCNC(=S)NN=Cc1ccc(OC(F)F)c(OC)c1. The number of nitrogens with one attached hydrogen (secondary N) is 2. The fourth-order valence-electron chi connectivity index (χ4n) is 1.32. The van der Waals surface area contributed by atoms with E-state index >= 15 is 0 Å². The number of nitrogens with zero attached hydrogens (tertiary/aromatic N) is 1. The molecule has 0 spiro atoms. The molecule has 0 saturated heterocycles. The number of methoxy groups -OCH3 is 1. The Morgan fingerprint density at radius 1 is 1.45 bits per heavy atom. The zero-order valence-electron chi connectivity index (χ0n) is 11.0. The first-order valence-corrected chi connectivity index (χ1v) is 6.17. The van der Waals surface area contributed by atoms with E-state index in [0.717, 1.165) is 0 Å². The van der Waals surface area contributed by atoms with E-state index in [9.17, 15) is 8.78 Å². The van der Waals surface area contributed by atoms with E-state index < -0.39 is 6.61 Å². The fourth-order valence-corrected chi connectivity index (χ4v) is 1.52. The summed E-state index contributed by atoms with van der Waals surface area (Å²) in [5.74, 6) is 0.166. The number of thiocarbonyl (C=S) groups is 1. The van der Waals surface area contributed by atoms with Gasteiger partial charge in [0.25, 0.3) is 0 Å². The zero-order valence-corrected chi connectivity index (χ0v) is 11.8. The van der Waals surface area contributed by atoms with Crippen LogP contribution in [-0.4, -0.2) is 31.6 Å². The monoisotopic (exact) mass is 303 g/mol. The Morgan fingerprint density at radius 2 is 2.20 bits per heavy atom. The van der Waals surface area contributed by atoms with Crippen LogP contribution in [-0.2, 0) is 0 Å². The first-order valence-electron chi connectivity index (χ1n) is 5.76. The van der Waals surface area contributed by atoms with Crippen molar-refractivity contribution in [3.05, 3.63) is 23.8 Å². The first kappa shape index (κ1) is 16.1. The molecule has 0 amide bonds. The van der Waals surface area contributed by atoms with Crippen molar-refractivity contribution in [2.24, 2.45) is 5.10 Å². The van der Waals surface area contributed by atoms with Crippen LogP contribution in [0.1, 0.15) is 12.5 Å². The van der Waals surface area contributed by atoms with Crippen LogP contribution in [0.2, 0.25) is 0 Å². The third kappa shape index (κ3) is 5.35. The summed E-state index contributed by atoms with van der Waals surface area (Å²) in [5.41, 5.74) is 3.26. The molecule has 0 heterocycles. The van der Waals surface area contributed by atoms with E-state index in [2.05, 4.69) is 20.6 Å². The first-order chi connectivity index (χ1) is 9.56. The molecule has 5 nitrogen and oxygen atoms in total. The lowest BCUT2D eigenvalue weighted by molar-refractivity contribution is -0.0512. The van der Waals surface area contributed by atoms with Gasteiger partial charge >= 0.3 is 6.61 Å².